The van der Waals surface area contributed by atoms with E-state index in [0.717, 1.165) is 25.7 Å². The van der Waals surface area contributed by atoms with Gasteiger partial charge >= 0.3 is 6.61 Å². The van der Waals surface area contributed by atoms with Crippen LogP contribution in [0.25, 0.3) is 11.1 Å². The second-order valence-corrected chi connectivity index (χ2v) is 6.29. The Labute approximate surface area is 151 Å². The fraction of sp³-hybridized carbons (Fsp3) is 0.350. The van der Waals surface area contributed by atoms with E-state index < -0.39 is 6.61 Å². The van der Waals surface area contributed by atoms with Crippen molar-refractivity contribution >= 4 is 11.6 Å². The average molecular weight is 361 g/mol. The van der Waals surface area contributed by atoms with Gasteiger partial charge in [-0.1, -0.05) is 25.0 Å². The predicted octanol–water partition coefficient (Wildman–Crippen LogP) is 5.09. The minimum atomic E-state index is -2.93. The molecule has 0 heterocycles. The third-order valence-corrected chi connectivity index (χ3v) is 4.59. The van der Waals surface area contributed by atoms with Crippen LogP contribution in [0.1, 0.15) is 25.7 Å². The van der Waals surface area contributed by atoms with Gasteiger partial charge in [0.15, 0.2) is 0 Å². The number of carbonyl (C=O) groups excluding carboxylic acids is 1. The zero-order valence-corrected chi connectivity index (χ0v) is 14.5. The van der Waals surface area contributed by atoms with Gasteiger partial charge in [0.05, 0.1) is 7.11 Å². The Hall–Kier alpha value is -2.63. The van der Waals surface area contributed by atoms with Crippen LogP contribution in [0, 0.1) is 5.92 Å². The molecule has 138 valence electrons. The first-order valence-corrected chi connectivity index (χ1v) is 8.61. The zero-order chi connectivity index (χ0) is 18.5. The molecule has 0 spiro atoms. The van der Waals surface area contributed by atoms with Gasteiger partial charge in [-0.15, -0.1) is 0 Å². The van der Waals surface area contributed by atoms with Crippen molar-refractivity contribution in [3.05, 3.63) is 42.5 Å². The van der Waals surface area contributed by atoms with Crippen molar-refractivity contribution in [1.29, 1.82) is 0 Å². The van der Waals surface area contributed by atoms with Crippen molar-refractivity contribution in [2.45, 2.75) is 32.3 Å². The van der Waals surface area contributed by atoms with Gasteiger partial charge in [0.1, 0.15) is 11.5 Å². The number of amides is 1. The summed E-state index contributed by atoms with van der Waals surface area (Å²) in [4.78, 5) is 12.3. The van der Waals surface area contributed by atoms with Gasteiger partial charge in [0, 0.05) is 17.2 Å². The van der Waals surface area contributed by atoms with Crippen LogP contribution in [0.3, 0.4) is 0 Å². The fourth-order valence-corrected chi connectivity index (χ4v) is 3.23. The molecule has 1 aliphatic carbocycles. The standard InChI is InChI=1S/C20H21F2NO3/c1-25-16-9-6-13(7-10-16)17-12-15(8-11-18(17)26-20(21)22)23-19(24)14-4-2-3-5-14/h6-12,14,20H,2-5H2,1H3,(H,23,24). The summed E-state index contributed by atoms with van der Waals surface area (Å²) in [7, 11) is 1.56. The third-order valence-electron chi connectivity index (χ3n) is 4.59. The largest absolute Gasteiger partial charge is 0.497 e. The lowest BCUT2D eigenvalue weighted by atomic mass is 10.0. The lowest BCUT2D eigenvalue weighted by molar-refractivity contribution is -0.119. The maximum Gasteiger partial charge on any atom is 0.387 e. The molecule has 6 heteroatoms. The molecule has 26 heavy (non-hydrogen) atoms. The van der Waals surface area contributed by atoms with Gasteiger partial charge in [-0.2, -0.15) is 8.78 Å². The summed E-state index contributed by atoms with van der Waals surface area (Å²) >= 11 is 0. The number of alkyl halides is 2. The Kier molecular flexibility index (Phi) is 5.71. The SMILES string of the molecule is COc1ccc(-c2cc(NC(=O)C3CCCC3)ccc2OC(F)F)cc1. The maximum absolute atomic E-state index is 12.7. The molecule has 2 aromatic carbocycles. The molecule has 1 aliphatic rings. The molecule has 0 unspecified atom stereocenters. The highest BCUT2D eigenvalue weighted by molar-refractivity contribution is 5.93. The summed E-state index contributed by atoms with van der Waals surface area (Å²) in [5.41, 5.74) is 1.74. The second kappa shape index (κ2) is 8.17. The number of halogens is 2. The van der Waals surface area contributed by atoms with Crippen molar-refractivity contribution < 1.29 is 23.0 Å². The van der Waals surface area contributed by atoms with Gasteiger partial charge in [0.2, 0.25) is 5.91 Å². The molecule has 4 nitrogen and oxygen atoms in total. The molecule has 3 rings (SSSR count). The molecule has 0 aromatic heterocycles. The van der Waals surface area contributed by atoms with Gasteiger partial charge < -0.3 is 14.8 Å². The summed E-state index contributed by atoms with van der Waals surface area (Å²) < 4.78 is 35.2. The number of rotatable bonds is 6. The van der Waals surface area contributed by atoms with E-state index in [4.69, 9.17) is 4.74 Å². The highest BCUT2D eigenvalue weighted by Crippen LogP contribution is 2.35. The minimum absolute atomic E-state index is 0.0225. The first kappa shape index (κ1) is 18.2. The first-order chi connectivity index (χ1) is 12.6. The van der Waals surface area contributed by atoms with Crippen LogP contribution in [-0.4, -0.2) is 19.6 Å². The molecule has 0 saturated heterocycles. The zero-order valence-electron chi connectivity index (χ0n) is 14.5. The van der Waals surface area contributed by atoms with E-state index in [1.54, 1.807) is 43.5 Å². The van der Waals surface area contributed by atoms with Crippen LogP contribution in [0.4, 0.5) is 14.5 Å². The first-order valence-electron chi connectivity index (χ1n) is 8.61. The molecule has 0 bridgehead atoms. The van der Waals surface area contributed by atoms with Crippen LogP contribution in [-0.2, 0) is 4.79 Å². The lowest BCUT2D eigenvalue weighted by Gasteiger charge is -2.15. The normalized spacial score (nSPS) is 14.5. The molecule has 2 aromatic rings. The number of hydrogen-bond acceptors (Lipinski definition) is 3. The van der Waals surface area contributed by atoms with Crippen molar-refractivity contribution in [2.75, 3.05) is 12.4 Å². The maximum atomic E-state index is 12.7. The lowest BCUT2D eigenvalue weighted by Crippen LogP contribution is -2.20. The Morgan fingerprint density at radius 2 is 1.81 bits per heavy atom. The fourth-order valence-electron chi connectivity index (χ4n) is 3.23. The number of anilines is 1. The van der Waals surface area contributed by atoms with Crippen molar-refractivity contribution in [1.82, 2.24) is 0 Å². The quantitative estimate of drug-likeness (QED) is 0.779. The van der Waals surface area contributed by atoms with E-state index in [1.807, 2.05) is 0 Å². The van der Waals surface area contributed by atoms with E-state index in [-0.39, 0.29) is 17.6 Å². The van der Waals surface area contributed by atoms with Crippen LogP contribution in [0.15, 0.2) is 42.5 Å². The van der Waals surface area contributed by atoms with Gasteiger partial charge in [-0.05, 0) is 48.7 Å². The molecule has 1 N–H and O–H groups in total. The molecular weight excluding hydrogens is 340 g/mol. The van der Waals surface area contributed by atoms with Gasteiger partial charge in [0.25, 0.3) is 0 Å². The molecule has 1 amide bonds. The molecule has 0 aliphatic heterocycles. The summed E-state index contributed by atoms with van der Waals surface area (Å²) in [5.74, 6) is 0.724. The number of hydrogen-bond donors (Lipinski definition) is 1. The van der Waals surface area contributed by atoms with E-state index in [1.165, 1.54) is 6.07 Å². The minimum Gasteiger partial charge on any atom is -0.497 e. The van der Waals surface area contributed by atoms with Crippen LogP contribution in [0.2, 0.25) is 0 Å². The number of ether oxygens (including phenoxy) is 2. The summed E-state index contributed by atoms with van der Waals surface area (Å²) in [6.45, 7) is -2.93. The highest BCUT2D eigenvalue weighted by atomic mass is 19.3. The summed E-state index contributed by atoms with van der Waals surface area (Å²) in [5, 5.41) is 2.89. The van der Waals surface area contributed by atoms with E-state index in [2.05, 4.69) is 10.1 Å². The number of methoxy groups -OCH3 is 1. The summed E-state index contributed by atoms with van der Waals surface area (Å²) in [6, 6.07) is 11.7. The van der Waals surface area contributed by atoms with Crippen LogP contribution < -0.4 is 14.8 Å². The Balaban J connectivity index is 1.88. The Morgan fingerprint density at radius 3 is 2.42 bits per heavy atom. The topological polar surface area (TPSA) is 47.6 Å². The van der Waals surface area contributed by atoms with Crippen molar-refractivity contribution in [3.8, 4) is 22.6 Å². The highest BCUT2D eigenvalue weighted by Gasteiger charge is 2.23. The van der Waals surface area contributed by atoms with Crippen LogP contribution >= 0.6 is 0 Å². The Morgan fingerprint density at radius 1 is 1.12 bits per heavy atom. The summed E-state index contributed by atoms with van der Waals surface area (Å²) in [6.07, 6.45) is 3.92. The van der Waals surface area contributed by atoms with Crippen molar-refractivity contribution in [2.24, 2.45) is 5.92 Å². The van der Waals surface area contributed by atoms with E-state index in [9.17, 15) is 13.6 Å². The Bertz CT molecular complexity index is 756. The molecule has 0 atom stereocenters. The third kappa shape index (κ3) is 4.31. The molecular formula is C20H21F2NO3. The second-order valence-electron chi connectivity index (χ2n) is 6.29. The van der Waals surface area contributed by atoms with Crippen molar-refractivity contribution in [3.63, 3.8) is 0 Å². The average Bonchev–Trinajstić information content (AvgIpc) is 3.17. The number of benzene rings is 2. The van der Waals surface area contributed by atoms with Gasteiger partial charge in [-0.25, -0.2) is 0 Å². The van der Waals surface area contributed by atoms with E-state index >= 15 is 0 Å². The molecule has 1 saturated carbocycles. The van der Waals surface area contributed by atoms with Gasteiger partial charge in [-0.3, -0.25) is 4.79 Å². The number of carbonyl (C=O) groups is 1. The predicted molar refractivity (Wildman–Crippen MR) is 95.6 cm³/mol. The van der Waals surface area contributed by atoms with Crippen LogP contribution in [0.5, 0.6) is 11.5 Å². The molecule has 1 fully saturated rings. The monoisotopic (exact) mass is 361 g/mol. The molecule has 0 radical (unpaired) electrons. The number of nitrogens with one attached hydrogen (secondary N) is 1. The smallest absolute Gasteiger partial charge is 0.387 e. The van der Waals surface area contributed by atoms with E-state index in [0.29, 0.717) is 22.6 Å².